The maximum absolute atomic E-state index is 11.6. The van der Waals surface area contributed by atoms with Crippen LogP contribution in [0.15, 0.2) is 11.0 Å². The lowest BCUT2D eigenvalue weighted by molar-refractivity contribution is -0.117. The molecule has 15 heavy (non-hydrogen) atoms. The van der Waals surface area contributed by atoms with Gasteiger partial charge in [0.1, 0.15) is 9.88 Å². The molecular formula is C9H9NO3S2. The third-order valence-corrected chi connectivity index (χ3v) is 4.45. The summed E-state index contributed by atoms with van der Waals surface area (Å²) in [7, 11) is 0. The molecule has 0 fully saturated rings. The fraction of sp³-hybridized carbons (Fsp3) is 0.333. The number of amides is 1. The molecule has 1 aromatic heterocycles. The molecule has 80 valence electrons. The van der Waals surface area contributed by atoms with Gasteiger partial charge in [-0.1, -0.05) is 0 Å². The standard InChI is InChI=1S/C9H9NO3S2/c1-9(2)8(13)10-6-4(15-9)3-5(14-6)7(11)12/h3H,1-2H3,(H,10,13)(H,11,12). The minimum atomic E-state index is -0.956. The van der Waals surface area contributed by atoms with Crippen LogP contribution in [0, 0.1) is 0 Å². The third-order valence-electron chi connectivity index (χ3n) is 2.05. The van der Waals surface area contributed by atoms with Crippen LogP contribution in [0.5, 0.6) is 0 Å². The number of rotatable bonds is 1. The monoisotopic (exact) mass is 243 g/mol. The zero-order valence-corrected chi connectivity index (χ0v) is 9.79. The van der Waals surface area contributed by atoms with Crippen molar-refractivity contribution >= 4 is 40.0 Å². The van der Waals surface area contributed by atoms with Crippen LogP contribution in [0.4, 0.5) is 5.00 Å². The summed E-state index contributed by atoms with van der Waals surface area (Å²) < 4.78 is -0.538. The average molecular weight is 243 g/mol. The van der Waals surface area contributed by atoms with Gasteiger partial charge in [-0.2, -0.15) is 0 Å². The fourth-order valence-electron chi connectivity index (χ4n) is 1.22. The van der Waals surface area contributed by atoms with Gasteiger partial charge in [-0.05, 0) is 19.9 Å². The van der Waals surface area contributed by atoms with Crippen LogP contribution in [0.3, 0.4) is 0 Å². The lowest BCUT2D eigenvalue weighted by atomic mass is 10.2. The van der Waals surface area contributed by atoms with Crippen molar-refractivity contribution in [3.8, 4) is 0 Å². The van der Waals surface area contributed by atoms with E-state index in [9.17, 15) is 9.59 Å². The van der Waals surface area contributed by atoms with Gasteiger partial charge in [0.2, 0.25) is 5.91 Å². The highest BCUT2D eigenvalue weighted by Gasteiger charge is 2.36. The Morgan fingerprint density at radius 2 is 2.20 bits per heavy atom. The van der Waals surface area contributed by atoms with E-state index in [2.05, 4.69) is 5.32 Å². The predicted octanol–water partition coefficient (Wildman–Crippen LogP) is 2.27. The summed E-state index contributed by atoms with van der Waals surface area (Å²) in [6.07, 6.45) is 0. The molecule has 1 aromatic rings. The molecule has 1 amide bonds. The Morgan fingerprint density at radius 1 is 1.53 bits per heavy atom. The SMILES string of the molecule is CC1(C)Sc2cc(C(=O)O)sc2NC1=O. The maximum Gasteiger partial charge on any atom is 0.345 e. The number of fused-ring (bicyclic) bond motifs is 1. The van der Waals surface area contributed by atoms with Gasteiger partial charge in [0.25, 0.3) is 0 Å². The molecule has 2 heterocycles. The summed E-state index contributed by atoms with van der Waals surface area (Å²) in [5.41, 5.74) is 0. The van der Waals surface area contributed by atoms with Crippen LogP contribution in [0.2, 0.25) is 0 Å². The van der Waals surface area contributed by atoms with E-state index in [1.54, 1.807) is 6.07 Å². The van der Waals surface area contributed by atoms with E-state index >= 15 is 0 Å². The number of thiophene rings is 1. The van der Waals surface area contributed by atoms with Crippen LogP contribution in [0.1, 0.15) is 23.5 Å². The van der Waals surface area contributed by atoms with Gasteiger partial charge in [0, 0.05) is 4.90 Å². The third kappa shape index (κ3) is 1.74. The van der Waals surface area contributed by atoms with Crippen molar-refractivity contribution in [1.29, 1.82) is 0 Å². The van der Waals surface area contributed by atoms with Gasteiger partial charge in [-0.15, -0.1) is 23.1 Å². The minimum Gasteiger partial charge on any atom is -0.477 e. The van der Waals surface area contributed by atoms with Crippen molar-refractivity contribution < 1.29 is 14.7 Å². The molecule has 0 aromatic carbocycles. The first kappa shape index (κ1) is 10.5. The molecule has 0 bridgehead atoms. The first-order chi connectivity index (χ1) is 6.90. The molecule has 2 N–H and O–H groups in total. The Hall–Kier alpha value is -1.01. The van der Waals surface area contributed by atoms with Crippen LogP contribution in [0.25, 0.3) is 0 Å². The number of carboxylic acid groups (broad SMARTS) is 1. The van der Waals surface area contributed by atoms with Gasteiger partial charge in [-0.25, -0.2) is 4.79 Å². The fourth-order valence-corrected chi connectivity index (χ4v) is 3.34. The summed E-state index contributed by atoms with van der Waals surface area (Å²) in [5.74, 6) is -1.04. The molecule has 1 aliphatic heterocycles. The second-order valence-corrected chi connectivity index (χ2v) is 6.39. The van der Waals surface area contributed by atoms with Crippen LogP contribution >= 0.6 is 23.1 Å². The van der Waals surface area contributed by atoms with E-state index in [1.807, 2.05) is 13.8 Å². The Morgan fingerprint density at radius 3 is 2.80 bits per heavy atom. The number of carbonyl (C=O) groups excluding carboxylic acids is 1. The Labute approximate surface area is 94.7 Å². The number of hydrogen-bond acceptors (Lipinski definition) is 4. The molecule has 0 aliphatic carbocycles. The van der Waals surface area contributed by atoms with E-state index in [4.69, 9.17) is 5.11 Å². The minimum absolute atomic E-state index is 0.0845. The van der Waals surface area contributed by atoms with Crippen molar-refractivity contribution in [2.24, 2.45) is 0 Å². The van der Waals surface area contributed by atoms with Crippen LogP contribution < -0.4 is 5.32 Å². The van der Waals surface area contributed by atoms with Crippen molar-refractivity contribution in [1.82, 2.24) is 0 Å². The molecule has 0 atom stereocenters. The molecule has 1 aliphatic rings. The van der Waals surface area contributed by atoms with E-state index < -0.39 is 10.7 Å². The van der Waals surface area contributed by atoms with Crippen LogP contribution in [-0.2, 0) is 4.79 Å². The quantitative estimate of drug-likeness (QED) is 0.794. The summed E-state index contributed by atoms with van der Waals surface area (Å²) in [5, 5.41) is 12.2. The van der Waals surface area contributed by atoms with Gasteiger partial charge < -0.3 is 10.4 Å². The van der Waals surface area contributed by atoms with Crippen molar-refractivity contribution in [3.05, 3.63) is 10.9 Å². The number of thioether (sulfide) groups is 1. The molecule has 0 radical (unpaired) electrons. The lowest BCUT2D eigenvalue weighted by Crippen LogP contribution is -2.36. The summed E-state index contributed by atoms with van der Waals surface area (Å²) >= 11 is 2.49. The summed E-state index contributed by atoms with van der Waals surface area (Å²) in [4.78, 5) is 23.4. The Bertz CT molecular complexity index is 450. The van der Waals surface area contributed by atoms with Crippen molar-refractivity contribution in [2.45, 2.75) is 23.5 Å². The van der Waals surface area contributed by atoms with E-state index in [1.165, 1.54) is 11.8 Å². The van der Waals surface area contributed by atoms with E-state index in [0.717, 1.165) is 16.2 Å². The Balaban J connectivity index is 2.42. The van der Waals surface area contributed by atoms with Gasteiger partial charge in [-0.3, -0.25) is 4.79 Å². The van der Waals surface area contributed by atoms with E-state index in [0.29, 0.717) is 5.00 Å². The van der Waals surface area contributed by atoms with Gasteiger partial charge in [0.05, 0.1) is 4.75 Å². The number of hydrogen-bond donors (Lipinski definition) is 2. The molecule has 0 spiro atoms. The topological polar surface area (TPSA) is 66.4 Å². The largest absolute Gasteiger partial charge is 0.477 e. The highest BCUT2D eigenvalue weighted by atomic mass is 32.2. The van der Waals surface area contributed by atoms with Gasteiger partial charge in [0.15, 0.2) is 0 Å². The zero-order chi connectivity index (χ0) is 11.2. The number of carboxylic acids is 1. The Kier molecular flexibility index (Phi) is 2.27. The second-order valence-electron chi connectivity index (χ2n) is 3.68. The molecule has 0 saturated heterocycles. The normalized spacial score (nSPS) is 18.1. The molecular weight excluding hydrogens is 234 g/mol. The number of anilines is 1. The molecule has 4 nitrogen and oxygen atoms in total. The van der Waals surface area contributed by atoms with E-state index in [-0.39, 0.29) is 10.8 Å². The highest BCUT2D eigenvalue weighted by molar-refractivity contribution is 8.01. The second kappa shape index (κ2) is 3.24. The molecule has 0 unspecified atom stereocenters. The smallest absolute Gasteiger partial charge is 0.345 e. The highest BCUT2D eigenvalue weighted by Crippen LogP contribution is 2.46. The maximum atomic E-state index is 11.6. The van der Waals surface area contributed by atoms with Gasteiger partial charge >= 0.3 is 5.97 Å². The number of carbonyl (C=O) groups is 2. The molecule has 2 rings (SSSR count). The first-order valence-electron chi connectivity index (χ1n) is 4.28. The molecule has 0 saturated carbocycles. The first-order valence-corrected chi connectivity index (χ1v) is 5.91. The summed E-state index contributed by atoms with van der Waals surface area (Å²) in [6, 6.07) is 1.61. The summed E-state index contributed by atoms with van der Waals surface area (Å²) in [6.45, 7) is 3.63. The molecule has 6 heteroatoms. The predicted molar refractivity (Wildman–Crippen MR) is 59.8 cm³/mol. The van der Waals surface area contributed by atoms with Crippen molar-refractivity contribution in [3.63, 3.8) is 0 Å². The average Bonchev–Trinajstić information content (AvgIpc) is 2.47. The van der Waals surface area contributed by atoms with Crippen molar-refractivity contribution in [2.75, 3.05) is 5.32 Å². The number of aromatic carboxylic acids is 1. The van der Waals surface area contributed by atoms with Crippen LogP contribution in [-0.4, -0.2) is 21.7 Å². The zero-order valence-electron chi connectivity index (χ0n) is 8.16. The lowest BCUT2D eigenvalue weighted by Gasteiger charge is -2.27. The number of nitrogens with one attached hydrogen (secondary N) is 1.